The Morgan fingerprint density at radius 2 is 2.12 bits per heavy atom. The molecule has 1 aliphatic carbocycles. The highest BCUT2D eigenvalue weighted by Crippen LogP contribution is 2.29. The first kappa shape index (κ1) is 17.5. The average molecular weight is 345 g/mol. The third-order valence-electron chi connectivity index (χ3n) is 4.99. The molecule has 1 saturated heterocycles. The number of carbonyl (C=O) groups excluding carboxylic acids is 2. The second-order valence-electron chi connectivity index (χ2n) is 6.75. The van der Waals surface area contributed by atoms with Gasteiger partial charge in [-0.15, -0.1) is 0 Å². The number of hydrogen-bond acceptors (Lipinski definition) is 3. The van der Waals surface area contributed by atoms with Gasteiger partial charge in [-0.25, -0.2) is 4.39 Å². The Bertz CT molecular complexity index is 704. The number of anilines is 1. The molecule has 0 spiro atoms. The van der Waals surface area contributed by atoms with Crippen molar-refractivity contribution in [1.29, 1.82) is 0 Å². The smallest absolute Gasteiger partial charge is 0.249 e. The highest BCUT2D eigenvalue weighted by molar-refractivity contribution is 5.96. The summed E-state index contributed by atoms with van der Waals surface area (Å²) in [5.74, 6) is -0.536. The molecule has 0 saturated carbocycles. The number of carbonyl (C=O) groups is 2. The van der Waals surface area contributed by atoms with Gasteiger partial charge < -0.3 is 15.5 Å². The maximum atomic E-state index is 13.5. The Morgan fingerprint density at radius 3 is 2.80 bits per heavy atom. The summed E-state index contributed by atoms with van der Waals surface area (Å²) in [5.41, 5.74) is 0.451. The van der Waals surface area contributed by atoms with Crippen molar-refractivity contribution in [2.75, 3.05) is 25.5 Å². The molecule has 1 aromatic carbocycles. The molecule has 2 amide bonds. The van der Waals surface area contributed by atoms with Crippen LogP contribution in [-0.4, -0.2) is 42.4 Å². The minimum atomic E-state index is -0.937. The van der Waals surface area contributed by atoms with Crippen LogP contribution in [0.5, 0.6) is 0 Å². The van der Waals surface area contributed by atoms with Crippen molar-refractivity contribution >= 4 is 17.5 Å². The largest absolute Gasteiger partial charge is 0.370 e. The number of likely N-dealkylation sites (N-methyl/N-ethyl adjacent to an activating group) is 1. The second-order valence-corrected chi connectivity index (χ2v) is 6.75. The van der Waals surface area contributed by atoms with Crippen molar-refractivity contribution in [1.82, 2.24) is 10.2 Å². The SMILES string of the molecule is CNC(=O)C1(Nc2cccc(F)c2)CCN(C(=O)C2=CCCCC2)C1. The van der Waals surface area contributed by atoms with E-state index in [1.54, 1.807) is 24.1 Å². The third kappa shape index (κ3) is 3.67. The van der Waals surface area contributed by atoms with Gasteiger partial charge in [0.25, 0.3) is 0 Å². The van der Waals surface area contributed by atoms with Gasteiger partial charge in [-0.3, -0.25) is 9.59 Å². The zero-order valence-electron chi connectivity index (χ0n) is 14.5. The van der Waals surface area contributed by atoms with E-state index >= 15 is 0 Å². The molecular weight excluding hydrogens is 321 g/mol. The van der Waals surface area contributed by atoms with Gasteiger partial charge in [0.1, 0.15) is 11.4 Å². The molecule has 1 fully saturated rings. The standard InChI is InChI=1S/C19H24FN3O2/c1-21-18(25)19(22-16-9-5-8-15(20)12-16)10-11-23(13-19)17(24)14-6-3-2-4-7-14/h5-6,8-9,12,22H,2-4,7,10-11,13H2,1H3,(H,21,25). The second kappa shape index (κ2) is 7.25. The lowest BCUT2D eigenvalue weighted by Crippen LogP contribution is -2.54. The first-order chi connectivity index (χ1) is 12.0. The number of benzene rings is 1. The van der Waals surface area contributed by atoms with Crippen LogP contribution in [0.3, 0.4) is 0 Å². The highest BCUT2D eigenvalue weighted by Gasteiger charge is 2.46. The Labute approximate surface area is 147 Å². The van der Waals surface area contributed by atoms with Gasteiger partial charge in [-0.1, -0.05) is 12.1 Å². The van der Waals surface area contributed by atoms with Gasteiger partial charge in [-0.05, 0) is 50.3 Å². The molecule has 6 heteroatoms. The van der Waals surface area contributed by atoms with E-state index in [4.69, 9.17) is 0 Å². The summed E-state index contributed by atoms with van der Waals surface area (Å²) >= 11 is 0. The monoisotopic (exact) mass is 345 g/mol. The van der Waals surface area contributed by atoms with Crippen LogP contribution in [0.15, 0.2) is 35.9 Å². The van der Waals surface area contributed by atoms with E-state index in [1.807, 2.05) is 6.08 Å². The Kier molecular flexibility index (Phi) is 5.06. The van der Waals surface area contributed by atoms with Gasteiger partial charge >= 0.3 is 0 Å². The molecule has 25 heavy (non-hydrogen) atoms. The van der Waals surface area contributed by atoms with Crippen molar-refractivity contribution in [3.63, 3.8) is 0 Å². The molecule has 1 aromatic rings. The van der Waals surface area contributed by atoms with Gasteiger partial charge in [0.05, 0.1) is 6.54 Å². The normalized spacial score (nSPS) is 23.1. The Morgan fingerprint density at radius 1 is 1.28 bits per heavy atom. The number of rotatable bonds is 4. The van der Waals surface area contributed by atoms with Crippen LogP contribution < -0.4 is 10.6 Å². The molecule has 1 heterocycles. The van der Waals surface area contributed by atoms with E-state index in [-0.39, 0.29) is 24.2 Å². The predicted octanol–water partition coefficient (Wildman–Crippen LogP) is 2.46. The minimum Gasteiger partial charge on any atom is -0.370 e. The lowest BCUT2D eigenvalue weighted by molar-refractivity contribution is -0.127. The van der Waals surface area contributed by atoms with E-state index in [0.29, 0.717) is 18.7 Å². The molecule has 0 bridgehead atoms. The quantitative estimate of drug-likeness (QED) is 0.881. The van der Waals surface area contributed by atoms with Crippen LogP contribution in [-0.2, 0) is 9.59 Å². The van der Waals surface area contributed by atoms with Crippen molar-refractivity contribution in [3.05, 3.63) is 41.7 Å². The van der Waals surface area contributed by atoms with E-state index in [0.717, 1.165) is 31.3 Å². The van der Waals surface area contributed by atoms with Crippen molar-refractivity contribution in [3.8, 4) is 0 Å². The number of allylic oxidation sites excluding steroid dienone is 1. The zero-order chi connectivity index (χ0) is 17.9. The lowest BCUT2D eigenvalue weighted by Gasteiger charge is -2.30. The van der Waals surface area contributed by atoms with Crippen LogP contribution in [0, 0.1) is 5.82 Å². The number of halogens is 1. The molecule has 0 aromatic heterocycles. The molecule has 0 radical (unpaired) electrons. The van der Waals surface area contributed by atoms with Crippen LogP contribution >= 0.6 is 0 Å². The first-order valence-corrected chi connectivity index (χ1v) is 8.78. The fourth-order valence-corrected chi connectivity index (χ4v) is 3.64. The molecular formula is C19H24FN3O2. The molecule has 1 unspecified atom stereocenters. The highest BCUT2D eigenvalue weighted by atomic mass is 19.1. The van der Waals surface area contributed by atoms with Crippen molar-refractivity contribution in [2.45, 2.75) is 37.6 Å². The van der Waals surface area contributed by atoms with Gasteiger partial charge in [0.15, 0.2) is 0 Å². The number of nitrogens with zero attached hydrogens (tertiary/aromatic N) is 1. The third-order valence-corrected chi connectivity index (χ3v) is 4.99. The van der Waals surface area contributed by atoms with Gasteiger partial charge in [0.2, 0.25) is 11.8 Å². The van der Waals surface area contributed by atoms with E-state index in [9.17, 15) is 14.0 Å². The summed E-state index contributed by atoms with van der Waals surface area (Å²) in [6.45, 7) is 0.783. The maximum Gasteiger partial charge on any atom is 0.249 e. The minimum absolute atomic E-state index is 0.0199. The van der Waals surface area contributed by atoms with Crippen molar-refractivity contribution in [2.24, 2.45) is 0 Å². The summed E-state index contributed by atoms with van der Waals surface area (Å²) in [6.07, 6.45) is 6.41. The van der Waals surface area contributed by atoms with E-state index in [1.165, 1.54) is 12.1 Å². The van der Waals surface area contributed by atoms with Gasteiger partial charge in [-0.2, -0.15) is 0 Å². The summed E-state index contributed by atoms with van der Waals surface area (Å²) in [7, 11) is 1.57. The summed E-state index contributed by atoms with van der Waals surface area (Å²) in [6, 6.07) is 6.04. The fourth-order valence-electron chi connectivity index (χ4n) is 3.64. The maximum absolute atomic E-state index is 13.5. The molecule has 1 aliphatic heterocycles. The number of amides is 2. The Hall–Kier alpha value is -2.37. The van der Waals surface area contributed by atoms with Gasteiger partial charge in [0, 0.05) is 24.9 Å². The molecule has 5 nitrogen and oxygen atoms in total. The number of likely N-dealkylation sites (tertiary alicyclic amines) is 1. The first-order valence-electron chi connectivity index (χ1n) is 8.78. The number of nitrogens with one attached hydrogen (secondary N) is 2. The fraction of sp³-hybridized carbons (Fsp3) is 0.474. The molecule has 134 valence electrons. The van der Waals surface area contributed by atoms with Crippen LogP contribution in [0.4, 0.5) is 10.1 Å². The number of hydrogen-bond donors (Lipinski definition) is 2. The van der Waals surface area contributed by atoms with Crippen LogP contribution in [0.2, 0.25) is 0 Å². The molecule has 2 N–H and O–H groups in total. The average Bonchev–Trinajstić information content (AvgIpc) is 3.06. The summed E-state index contributed by atoms with van der Waals surface area (Å²) < 4.78 is 13.5. The predicted molar refractivity (Wildman–Crippen MR) is 94.6 cm³/mol. The molecule has 3 rings (SSSR count). The van der Waals surface area contributed by atoms with E-state index in [2.05, 4.69) is 10.6 Å². The zero-order valence-corrected chi connectivity index (χ0v) is 14.5. The topological polar surface area (TPSA) is 61.4 Å². The summed E-state index contributed by atoms with van der Waals surface area (Å²) in [4.78, 5) is 27.0. The van der Waals surface area contributed by atoms with Crippen LogP contribution in [0.25, 0.3) is 0 Å². The summed E-state index contributed by atoms with van der Waals surface area (Å²) in [5, 5.41) is 5.84. The van der Waals surface area contributed by atoms with Crippen molar-refractivity contribution < 1.29 is 14.0 Å². The van der Waals surface area contributed by atoms with E-state index < -0.39 is 5.54 Å². The lowest BCUT2D eigenvalue weighted by atomic mass is 9.96. The van der Waals surface area contributed by atoms with Crippen LogP contribution in [0.1, 0.15) is 32.1 Å². The Balaban J connectivity index is 1.79. The molecule has 1 atom stereocenters. The molecule has 2 aliphatic rings.